The highest BCUT2D eigenvalue weighted by molar-refractivity contribution is 8.03. The van der Waals surface area contributed by atoms with Crippen molar-refractivity contribution in [3.8, 4) is 0 Å². The highest BCUT2D eigenvalue weighted by Crippen LogP contribution is 2.40. The molecule has 196 valence electrons. The zero-order valence-corrected chi connectivity index (χ0v) is 25.4. The van der Waals surface area contributed by atoms with Gasteiger partial charge >= 0.3 is 0 Å². The molecule has 1 aliphatic rings. The molecule has 2 nitrogen and oxygen atoms in total. The van der Waals surface area contributed by atoms with Crippen LogP contribution < -0.4 is 15.9 Å². The quantitative estimate of drug-likeness (QED) is 0.248. The summed E-state index contributed by atoms with van der Waals surface area (Å²) in [7, 11) is -2.62. The number of allylic oxidation sites excluding steroid dienone is 1. The van der Waals surface area contributed by atoms with Gasteiger partial charge in [-0.15, -0.1) is 0 Å². The number of hydrogen-bond acceptors (Lipinski definition) is 3. The molecule has 1 aliphatic carbocycles. The minimum absolute atomic E-state index is 0.0542. The number of rotatable bonds is 7. The lowest BCUT2D eigenvalue weighted by Gasteiger charge is -2.43. The van der Waals surface area contributed by atoms with Gasteiger partial charge in [0, 0.05) is 4.90 Å². The number of nitrogens with one attached hydrogen (secondary N) is 1. The maximum atomic E-state index is 7.07. The highest BCUT2D eigenvalue weighted by atomic mass is 32.2. The largest absolute Gasteiger partial charge is 0.333 e. The molecule has 4 rings (SSSR count). The molecule has 3 aromatic carbocycles. The molecule has 0 saturated carbocycles. The van der Waals surface area contributed by atoms with Crippen LogP contribution in [0, 0.1) is 0 Å². The van der Waals surface area contributed by atoms with Gasteiger partial charge in [0.25, 0.3) is 8.32 Å². The number of hydroxylamine groups is 1. The Labute approximate surface area is 230 Å². The van der Waals surface area contributed by atoms with Crippen LogP contribution in [0.3, 0.4) is 0 Å². The molecule has 37 heavy (non-hydrogen) atoms. The molecule has 0 fully saturated rings. The Kier molecular flexibility index (Phi) is 8.54. The summed E-state index contributed by atoms with van der Waals surface area (Å²) < 4.78 is 7.07. The van der Waals surface area contributed by atoms with E-state index >= 15 is 0 Å². The SMILES string of the molecule is CC1=C(Sc2ccc(C(C)(C)C)cc2)CCCC1NO[Si](c1ccccc1)(c1ccccc1)C(C)(C)C. The maximum Gasteiger partial charge on any atom is 0.287 e. The Balaban J connectivity index is 1.61. The Morgan fingerprint density at radius 2 is 1.32 bits per heavy atom. The van der Waals surface area contributed by atoms with E-state index in [9.17, 15) is 0 Å². The van der Waals surface area contributed by atoms with E-state index in [0.717, 1.165) is 12.8 Å². The summed E-state index contributed by atoms with van der Waals surface area (Å²) in [6.45, 7) is 16.1. The van der Waals surface area contributed by atoms with Gasteiger partial charge in [0.15, 0.2) is 0 Å². The molecule has 0 amide bonds. The van der Waals surface area contributed by atoms with Crippen LogP contribution in [0.15, 0.2) is 100 Å². The van der Waals surface area contributed by atoms with Crippen molar-refractivity contribution in [3.05, 3.63) is 101 Å². The van der Waals surface area contributed by atoms with Crippen molar-refractivity contribution in [2.75, 3.05) is 0 Å². The van der Waals surface area contributed by atoms with Crippen molar-refractivity contribution >= 4 is 30.5 Å². The van der Waals surface area contributed by atoms with Gasteiger partial charge < -0.3 is 4.53 Å². The molecule has 0 bridgehead atoms. The van der Waals surface area contributed by atoms with E-state index in [4.69, 9.17) is 4.53 Å². The number of thioether (sulfide) groups is 1. The molecule has 0 aliphatic heterocycles. The molecule has 0 saturated heterocycles. The lowest BCUT2D eigenvalue weighted by Crippen LogP contribution is -2.69. The first-order valence-corrected chi connectivity index (χ1v) is 16.3. The van der Waals surface area contributed by atoms with Crippen molar-refractivity contribution in [2.24, 2.45) is 0 Å². The fourth-order valence-corrected chi connectivity index (χ4v) is 10.7. The van der Waals surface area contributed by atoms with Gasteiger partial charge in [-0.05, 0) is 75.2 Å². The summed E-state index contributed by atoms with van der Waals surface area (Å²) in [5.74, 6) is 0. The van der Waals surface area contributed by atoms with Crippen LogP contribution in [0.4, 0.5) is 0 Å². The first kappa shape index (κ1) is 27.9. The first-order chi connectivity index (χ1) is 17.5. The summed E-state index contributed by atoms with van der Waals surface area (Å²) >= 11 is 1.92. The molecule has 0 heterocycles. The third kappa shape index (κ3) is 6.14. The van der Waals surface area contributed by atoms with Crippen molar-refractivity contribution < 1.29 is 4.53 Å². The Bertz CT molecular complexity index is 1150. The first-order valence-electron chi connectivity index (χ1n) is 13.5. The zero-order valence-electron chi connectivity index (χ0n) is 23.6. The zero-order chi connectivity index (χ0) is 26.7. The number of benzene rings is 3. The standard InChI is InChI=1S/C33H43NOSSi/c1-25-30(19-14-20-31(25)36-27-23-21-26(22-24-27)32(2,3)4)34-35-37(33(5,6)7,28-15-10-8-11-16-28)29-17-12-9-13-18-29/h8-13,15-18,21-24,30,34H,14,19-20H2,1-7H3. The summed E-state index contributed by atoms with van der Waals surface area (Å²) in [6.07, 6.45) is 3.40. The van der Waals surface area contributed by atoms with Crippen LogP contribution >= 0.6 is 11.8 Å². The van der Waals surface area contributed by atoms with E-state index in [-0.39, 0.29) is 16.5 Å². The van der Waals surface area contributed by atoms with Gasteiger partial charge in [0.2, 0.25) is 0 Å². The lowest BCUT2D eigenvalue weighted by molar-refractivity contribution is 0.146. The second-order valence-electron chi connectivity index (χ2n) is 12.3. The fourth-order valence-electron chi connectivity index (χ4n) is 5.33. The predicted molar refractivity (Wildman–Crippen MR) is 163 cm³/mol. The average Bonchev–Trinajstić information content (AvgIpc) is 2.87. The monoisotopic (exact) mass is 529 g/mol. The van der Waals surface area contributed by atoms with E-state index in [2.05, 4.69) is 139 Å². The molecule has 1 atom stereocenters. The van der Waals surface area contributed by atoms with E-state index in [1.54, 1.807) is 0 Å². The van der Waals surface area contributed by atoms with Crippen LogP contribution in [0.5, 0.6) is 0 Å². The smallest absolute Gasteiger partial charge is 0.287 e. The van der Waals surface area contributed by atoms with E-state index in [1.165, 1.54) is 37.7 Å². The minimum Gasteiger partial charge on any atom is -0.333 e. The Morgan fingerprint density at radius 1 is 0.784 bits per heavy atom. The fraction of sp³-hybridized carbons (Fsp3) is 0.394. The highest BCUT2D eigenvalue weighted by Gasteiger charge is 2.51. The Hall–Kier alpha value is -2.11. The van der Waals surface area contributed by atoms with Crippen LogP contribution in [-0.2, 0) is 9.94 Å². The predicted octanol–water partition coefficient (Wildman–Crippen LogP) is 7.98. The molecular formula is C33H43NOSSi. The lowest BCUT2D eigenvalue weighted by atomic mass is 9.87. The third-order valence-corrected chi connectivity index (χ3v) is 13.7. The van der Waals surface area contributed by atoms with Gasteiger partial charge in [0.05, 0.1) is 6.04 Å². The maximum absolute atomic E-state index is 7.07. The molecule has 0 aromatic heterocycles. The molecule has 3 aromatic rings. The minimum atomic E-state index is -2.62. The summed E-state index contributed by atoms with van der Waals surface area (Å²) in [5, 5.41) is 2.54. The van der Waals surface area contributed by atoms with E-state index in [0.29, 0.717) is 0 Å². The van der Waals surface area contributed by atoms with Gasteiger partial charge in [-0.25, -0.2) is 5.48 Å². The van der Waals surface area contributed by atoms with Gasteiger partial charge in [-0.1, -0.05) is 126 Å². The molecule has 0 spiro atoms. The van der Waals surface area contributed by atoms with Crippen LogP contribution in [-0.4, -0.2) is 14.4 Å². The van der Waals surface area contributed by atoms with Crippen molar-refractivity contribution in [1.29, 1.82) is 0 Å². The summed E-state index contributed by atoms with van der Waals surface area (Å²) in [4.78, 5) is 2.79. The third-order valence-electron chi connectivity index (χ3n) is 7.59. The molecule has 1 unspecified atom stereocenters. The topological polar surface area (TPSA) is 21.3 Å². The normalized spacial score (nSPS) is 17.2. The average molecular weight is 530 g/mol. The van der Waals surface area contributed by atoms with Crippen LogP contribution in [0.25, 0.3) is 0 Å². The Morgan fingerprint density at radius 3 is 1.81 bits per heavy atom. The molecular weight excluding hydrogens is 487 g/mol. The van der Waals surface area contributed by atoms with Gasteiger partial charge in [0.1, 0.15) is 0 Å². The summed E-state index contributed by atoms with van der Waals surface area (Å²) in [6, 6.07) is 31.1. The molecule has 1 N–H and O–H groups in total. The molecule has 0 radical (unpaired) electrons. The second-order valence-corrected chi connectivity index (χ2v) is 17.7. The van der Waals surface area contributed by atoms with Crippen molar-refractivity contribution in [2.45, 2.75) is 89.1 Å². The van der Waals surface area contributed by atoms with E-state index < -0.39 is 8.32 Å². The van der Waals surface area contributed by atoms with Crippen molar-refractivity contribution in [1.82, 2.24) is 5.48 Å². The summed E-state index contributed by atoms with van der Waals surface area (Å²) in [5.41, 5.74) is 6.62. The molecule has 4 heteroatoms. The van der Waals surface area contributed by atoms with Crippen LogP contribution in [0.1, 0.15) is 73.3 Å². The van der Waals surface area contributed by atoms with Crippen LogP contribution in [0.2, 0.25) is 5.04 Å². The van der Waals surface area contributed by atoms with Gasteiger partial charge in [-0.3, -0.25) is 0 Å². The van der Waals surface area contributed by atoms with Crippen molar-refractivity contribution in [3.63, 3.8) is 0 Å². The van der Waals surface area contributed by atoms with Gasteiger partial charge in [-0.2, -0.15) is 0 Å². The van der Waals surface area contributed by atoms with E-state index in [1.807, 2.05) is 11.8 Å². The second kappa shape index (κ2) is 11.3. The number of hydrogen-bond donors (Lipinski definition) is 1.